The lowest BCUT2D eigenvalue weighted by Crippen LogP contribution is -1.98. The summed E-state index contributed by atoms with van der Waals surface area (Å²) < 4.78 is 1.69. The van der Waals surface area contributed by atoms with Crippen molar-refractivity contribution in [3.05, 3.63) is 43.3 Å². The summed E-state index contributed by atoms with van der Waals surface area (Å²) in [5.41, 5.74) is 6.42. The minimum atomic E-state index is -0.533. The summed E-state index contributed by atoms with van der Waals surface area (Å²) in [6.45, 7) is 1.76. The van der Waals surface area contributed by atoms with Crippen molar-refractivity contribution < 1.29 is 10.0 Å². The van der Waals surface area contributed by atoms with Crippen LogP contribution in [0.4, 0.5) is 11.6 Å². The van der Waals surface area contributed by atoms with E-state index in [4.69, 9.17) is 5.73 Å². The van der Waals surface area contributed by atoms with Gasteiger partial charge in [-0.3, -0.25) is 10.1 Å². The van der Waals surface area contributed by atoms with Crippen molar-refractivity contribution in [1.29, 1.82) is 0 Å². The van der Waals surface area contributed by atoms with Gasteiger partial charge in [-0.1, -0.05) is 0 Å². The highest BCUT2D eigenvalue weighted by Gasteiger charge is 2.13. The first kappa shape index (κ1) is 14.2. The molecular weight excluding hydrogens is 377 g/mol. The van der Waals surface area contributed by atoms with E-state index in [2.05, 4.69) is 10.1 Å². The molecule has 2 rings (SSSR count). The molecule has 1 aromatic heterocycles. The van der Waals surface area contributed by atoms with Gasteiger partial charge in [-0.2, -0.15) is 5.10 Å². The van der Waals surface area contributed by atoms with Crippen LogP contribution in [0.1, 0.15) is 11.3 Å². The van der Waals surface area contributed by atoms with E-state index in [0.29, 0.717) is 9.26 Å². The number of aromatic nitrogens is 2. The molecule has 0 atom stereocenters. The van der Waals surface area contributed by atoms with Crippen LogP contribution in [-0.4, -0.2) is 25.9 Å². The van der Waals surface area contributed by atoms with Gasteiger partial charge in [0.25, 0.3) is 5.69 Å². The number of benzene rings is 1. The molecule has 104 valence electrons. The molecule has 1 aromatic carbocycles. The van der Waals surface area contributed by atoms with Crippen molar-refractivity contribution >= 4 is 40.4 Å². The highest BCUT2D eigenvalue weighted by Crippen LogP contribution is 2.28. The number of imidazole rings is 1. The fourth-order valence-corrected chi connectivity index (χ4v) is 2.16. The predicted molar refractivity (Wildman–Crippen MR) is 81.8 cm³/mol. The number of nitrogens with two attached hydrogens (primary N) is 1. The molecule has 20 heavy (non-hydrogen) atoms. The predicted octanol–water partition coefficient (Wildman–Crippen LogP) is 1.87. The zero-order valence-electron chi connectivity index (χ0n) is 10.3. The summed E-state index contributed by atoms with van der Waals surface area (Å²) in [7, 11) is 0. The van der Waals surface area contributed by atoms with Gasteiger partial charge in [0.15, 0.2) is 0 Å². The fourth-order valence-electron chi connectivity index (χ4n) is 1.53. The number of hydrogen-bond donors (Lipinski definition) is 2. The van der Waals surface area contributed by atoms with Gasteiger partial charge in [-0.05, 0) is 29.5 Å². The second-order valence-electron chi connectivity index (χ2n) is 3.95. The maximum absolute atomic E-state index is 10.8. The number of nitrogens with zero attached hydrogens (tertiary/aromatic N) is 4. The Kier molecular flexibility index (Phi) is 3.88. The minimum absolute atomic E-state index is 0.0737. The molecule has 0 aliphatic carbocycles. The SMILES string of the molecule is Cc1cn(N=Cc2cc([N+](=O)[O-])cc(I)c2O)c(N)n1. The number of aromatic hydroxyl groups is 1. The van der Waals surface area contributed by atoms with Crippen LogP contribution in [0.5, 0.6) is 5.75 Å². The fraction of sp³-hybridized carbons (Fsp3) is 0.0909. The van der Waals surface area contributed by atoms with E-state index in [1.165, 1.54) is 23.0 Å². The van der Waals surface area contributed by atoms with Gasteiger partial charge >= 0.3 is 0 Å². The van der Waals surface area contributed by atoms with Crippen molar-refractivity contribution in [2.75, 3.05) is 5.73 Å². The third kappa shape index (κ3) is 2.87. The maximum Gasteiger partial charge on any atom is 0.271 e. The summed E-state index contributed by atoms with van der Waals surface area (Å²) in [6, 6.07) is 2.52. The first-order valence-electron chi connectivity index (χ1n) is 5.41. The number of nitro groups is 1. The van der Waals surface area contributed by atoms with Crippen LogP contribution in [-0.2, 0) is 0 Å². The lowest BCUT2D eigenvalue weighted by molar-refractivity contribution is -0.385. The molecule has 0 aliphatic heterocycles. The van der Waals surface area contributed by atoms with Gasteiger partial charge in [-0.15, -0.1) is 0 Å². The molecule has 0 unspecified atom stereocenters. The third-order valence-electron chi connectivity index (χ3n) is 2.44. The Hall–Kier alpha value is -2.17. The third-order valence-corrected chi connectivity index (χ3v) is 3.27. The Labute approximate surface area is 127 Å². The number of phenolic OH excluding ortho intramolecular Hbond substituents is 1. The molecule has 3 N–H and O–H groups in total. The zero-order chi connectivity index (χ0) is 14.9. The molecule has 0 amide bonds. The normalized spacial score (nSPS) is 11.1. The molecule has 0 saturated carbocycles. The summed E-state index contributed by atoms with van der Waals surface area (Å²) in [4.78, 5) is 14.2. The number of rotatable bonds is 3. The number of anilines is 1. The van der Waals surface area contributed by atoms with E-state index in [0.717, 1.165) is 0 Å². The van der Waals surface area contributed by atoms with E-state index < -0.39 is 4.92 Å². The van der Waals surface area contributed by atoms with E-state index in [1.54, 1.807) is 13.1 Å². The van der Waals surface area contributed by atoms with Crippen molar-refractivity contribution in [1.82, 2.24) is 9.66 Å². The smallest absolute Gasteiger partial charge is 0.271 e. The van der Waals surface area contributed by atoms with Gasteiger partial charge in [0, 0.05) is 17.7 Å². The molecule has 0 fully saturated rings. The molecule has 2 aromatic rings. The Bertz CT molecular complexity index is 710. The van der Waals surface area contributed by atoms with Crippen molar-refractivity contribution in [3.63, 3.8) is 0 Å². The second kappa shape index (κ2) is 5.45. The number of hydrogen-bond acceptors (Lipinski definition) is 6. The number of aryl methyl sites for hydroxylation is 1. The van der Waals surface area contributed by atoms with E-state index in [9.17, 15) is 15.2 Å². The van der Waals surface area contributed by atoms with E-state index in [-0.39, 0.29) is 22.9 Å². The van der Waals surface area contributed by atoms with Crippen LogP contribution in [0.25, 0.3) is 0 Å². The number of nitro benzene ring substituents is 1. The van der Waals surface area contributed by atoms with Crippen molar-refractivity contribution in [3.8, 4) is 5.75 Å². The number of nitrogen functional groups attached to an aromatic ring is 1. The molecule has 0 aliphatic rings. The molecular formula is C11H10IN5O3. The van der Waals surface area contributed by atoms with E-state index >= 15 is 0 Å². The molecule has 1 heterocycles. The maximum atomic E-state index is 10.8. The van der Waals surface area contributed by atoms with Crippen LogP contribution < -0.4 is 5.73 Å². The highest BCUT2D eigenvalue weighted by molar-refractivity contribution is 14.1. The van der Waals surface area contributed by atoms with Crippen molar-refractivity contribution in [2.24, 2.45) is 5.10 Å². The van der Waals surface area contributed by atoms with Gasteiger partial charge in [0.05, 0.1) is 26.6 Å². The average molecular weight is 387 g/mol. The summed E-state index contributed by atoms with van der Waals surface area (Å²) in [5.74, 6) is 0.119. The standard InChI is InChI=1S/C11H10IN5O3/c1-6-5-16(11(13)15-6)14-4-7-2-8(17(19)20)3-9(12)10(7)18/h2-5,18H,1H3,(H2,13,15). The van der Waals surface area contributed by atoms with Gasteiger partial charge in [-0.25, -0.2) is 9.66 Å². The first-order valence-corrected chi connectivity index (χ1v) is 6.49. The molecule has 8 nitrogen and oxygen atoms in total. The molecule has 0 bridgehead atoms. The summed E-state index contributed by atoms with van der Waals surface area (Å²) in [5, 5.41) is 24.7. The number of phenols is 1. The lowest BCUT2D eigenvalue weighted by atomic mass is 10.2. The number of halogens is 1. The highest BCUT2D eigenvalue weighted by atomic mass is 127. The van der Waals surface area contributed by atoms with Gasteiger partial charge in [0.1, 0.15) is 5.75 Å². The largest absolute Gasteiger partial charge is 0.506 e. The Morgan fingerprint density at radius 1 is 1.60 bits per heavy atom. The topological polar surface area (TPSA) is 120 Å². The first-order chi connectivity index (χ1) is 9.38. The molecule has 0 saturated heterocycles. The van der Waals surface area contributed by atoms with Crippen LogP contribution in [0, 0.1) is 20.6 Å². The van der Waals surface area contributed by atoms with Gasteiger partial charge in [0.2, 0.25) is 5.95 Å². The Balaban J connectivity index is 2.42. The minimum Gasteiger partial charge on any atom is -0.506 e. The zero-order valence-corrected chi connectivity index (χ0v) is 12.5. The summed E-state index contributed by atoms with van der Waals surface area (Å²) in [6.07, 6.45) is 2.90. The Morgan fingerprint density at radius 2 is 2.30 bits per heavy atom. The lowest BCUT2D eigenvalue weighted by Gasteiger charge is -2.02. The van der Waals surface area contributed by atoms with Crippen LogP contribution in [0.2, 0.25) is 0 Å². The van der Waals surface area contributed by atoms with Crippen LogP contribution >= 0.6 is 22.6 Å². The van der Waals surface area contributed by atoms with E-state index in [1.807, 2.05) is 22.6 Å². The monoisotopic (exact) mass is 387 g/mol. The average Bonchev–Trinajstić information content (AvgIpc) is 2.69. The van der Waals surface area contributed by atoms with Crippen LogP contribution in [0.3, 0.4) is 0 Å². The molecule has 9 heteroatoms. The second-order valence-corrected chi connectivity index (χ2v) is 5.11. The van der Waals surface area contributed by atoms with Gasteiger partial charge < -0.3 is 10.8 Å². The van der Waals surface area contributed by atoms with Crippen LogP contribution in [0.15, 0.2) is 23.4 Å². The Morgan fingerprint density at radius 3 is 2.85 bits per heavy atom. The molecule has 0 radical (unpaired) electrons. The summed E-state index contributed by atoms with van der Waals surface area (Å²) >= 11 is 1.81. The quantitative estimate of drug-likeness (QED) is 0.361. The van der Waals surface area contributed by atoms with Crippen molar-refractivity contribution in [2.45, 2.75) is 6.92 Å². The number of non-ortho nitro benzene ring substituents is 1. The molecule has 0 spiro atoms.